The Labute approximate surface area is 132 Å². The fourth-order valence-corrected chi connectivity index (χ4v) is 2.48. The zero-order valence-corrected chi connectivity index (χ0v) is 13.8. The van der Waals surface area contributed by atoms with Crippen LogP contribution in [0.1, 0.15) is 32.3 Å². The van der Waals surface area contributed by atoms with Gasteiger partial charge in [-0.3, -0.25) is 9.59 Å². The standard InChI is InChI=1S/C15H18BrN3O2/c1-15(2,3)11(17)12-18-13(20)10(14(21)19-12)8-5-4-6-9(16)7-8/h4-7,10-11H,17H2,1-3H3,(H,18,19,20,21). The SMILES string of the molecule is CC(C)(C)C(N)C1=NC(=O)C(c2cccc(Br)c2)C(=O)N1. The van der Waals surface area contributed by atoms with Crippen LogP contribution in [-0.4, -0.2) is 23.7 Å². The molecule has 0 bridgehead atoms. The summed E-state index contributed by atoms with van der Waals surface area (Å²) in [5, 5.41) is 2.67. The molecule has 1 aromatic rings. The number of nitrogens with zero attached hydrogens (tertiary/aromatic N) is 1. The third kappa shape index (κ3) is 3.39. The van der Waals surface area contributed by atoms with Crippen molar-refractivity contribution in [2.24, 2.45) is 16.1 Å². The van der Waals surface area contributed by atoms with Crippen LogP contribution in [0.15, 0.2) is 33.7 Å². The van der Waals surface area contributed by atoms with Crippen LogP contribution in [0, 0.1) is 5.41 Å². The van der Waals surface area contributed by atoms with Gasteiger partial charge in [0.2, 0.25) is 5.91 Å². The Kier molecular flexibility index (Phi) is 4.30. The largest absolute Gasteiger partial charge is 0.321 e. The van der Waals surface area contributed by atoms with E-state index in [1.807, 2.05) is 26.8 Å². The number of hydrogen-bond donors (Lipinski definition) is 2. The first-order valence-corrected chi connectivity index (χ1v) is 7.44. The number of hydrogen-bond acceptors (Lipinski definition) is 3. The number of nitrogens with one attached hydrogen (secondary N) is 1. The lowest BCUT2D eigenvalue weighted by molar-refractivity contribution is -0.129. The van der Waals surface area contributed by atoms with Crippen molar-refractivity contribution >= 4 is 33.6 Å². The van der Waals surface area contributed by atoms with Crippen molar-refractivity contribution in [1.29, 1.82) is 0 Å². The van der Waals surface area contributed by atoms with Crippen LogP contribution < -0.4 is 11.1 Å². The van der Waals surface area contributed by atoms with E-state index in [-0.39, 0.29) is 17.2 Å². The fraction of sp³-hybridized carbons (Fsp3) is 0.400. The number of amides is 2. The molecule has 1 heterocycles. The fourth-order valence-electron chi connectivity index (χ4n) is 2.06. The number of nitrogens with two attached hydrogens (primary N) is 1. The van der Waals surface area contributed by atoms with Gasteiger partial charge >= 0.3 is 0 Å². The molecule has 2 unspecified atom stereocenters. The quantitative estimate of drug-likeness (QED) is 0.798. The highest BCUT2D eigenvalue weighted by molar-refractivity contribution is 9.10. The van der Waals surface area contributed by atoms with Crippen LogP contribution >= 0.6 is 15.9 Å². The van der Waals surface area contributed by atoms with Crippen LogP contribution in [-0.2, 0) is 9.59 Å². The van der Waals surface area contributed by atoms with Gasteiger partial charge in [-0.15, -0.1) is 0 Å². The lowest BCUT2D eigenvalue weighted by Gasteiger charge is -2.31. The minimum atomic E-state index is -0.918. The zero-order chi connectivity index (χ0) is 15.8. The molecule has 1 aliphatic rings. The van der Waals surface area contributed by atoms with Crippen LogP contribution in [0.3, 0.4) is 0 Å². The molecule has 6 heteroatoms. The molecule has 0 spiro atoms. The highest BCUT2D eigenvalue weighted by Crippen LogP contribution is 2.25. The Balaban J connectivity index is 2.33. The van der Waals surface area contributed by atoms with E-state index < -0.39 is 17.9 Å². The molecule has 112 valence electrons. The van der Waals surface area contributed by atoms with Gasteiger partial charge in [-0.05, 0) is 23.1 Å². The van der Waals surface area contributed by atoms with Crippen molar-refractivity contribution in [3.05, 3.63) is 34.3 Å². The minimum Gasteiger partial charge on any atom is -0.321 e. The van der Waals surface area contributed by atoms with E-state index in [0.717, 1.165) is 4.47 Å². The Bertz CT molecular complexity index is 620. The van der Waals surface area contributed by atoms with Crippen molar-refractivity contribution in [1.82, 2.24) is 5.32 Å². The van der Waals surface area contributed by atoms with Crippen LogP contribution in [0.2, 0.25) is 0 Å². The summed E-state index contributed by atoms with van der Waals surface area (Å²) in [6.07, 6.45) is 0. The molecule has 2 rings (SSSR count). The summed E-state index contributed by atoms with van der Waals surface area (Å²) in [7, 11) is 0. The van der Waals surface area contributed by atoms with E-state index >= 15 is 0 Å². The summed E-state index contributed by atoms with van der Waals surface area (Å²) in [5.74, 6) is -1.54. The molecule has 0 aromatic heterocycles. The average molecular weight is 352 g/mol. The van der Waals surface area contributed by atoms with Crippen molar-refractivity contribution in [2.75, 3.05) is 0 Å². The summed E-state index contributed by atoms with van der Waals surface area (Å²) in [4.78, 5) is 28.5. The van der Waals surface area contributed by atoms with Gasteiger partial charge in [-0.25, -0.2) is 0 Å². The zero-order valence-electron chi connectivity index (χ0n) is 12.2. The topological polar surface area (TPSA) is 84.5 Å². The number of carbonyl (C=O) groups excluding carboxylic acids is 2. The summed E-state index contributed by atoms with van der Waals surface area (Å²) in [6, 6.07) is 6.58. The summed E-state index contributed by atoms with van der Waals surface area (Å²) < 4.78 is 0.807. The maximum Gasteiger partial charge on any atom is 0.264 e. The number of carbonyl (C=O) groups is 2. The number of halogens is 1. The molecule has 0 radical (unpaired) electrons. The lowest BCUT2D eigenvalue weighted by Crippen LogP contribution is -2.54. The van der Waals surface area contributed by atoms with E-state index in [2.05, 4.69) is 26.2 Å². The minimum absolute atomic E-state index is 0.240. The first kappa shape index (κ1) is 15.9. The molecule has 1 aromatic carbocycles. The normalized spacial score (nSPS) is 20.8. The van der Waals surface area contributed by atoms with Crippen LogP contribution in [0.5, 0.6) is 0 Å². The summed E-state index contributed by atoms with van der Waals surface area (Å²) >= 11 is 3.33. The molecule has 0 fully saturated rings. The second-order valence-corrected chi connectivity index (χ2v) is 7.07. The van der Waals surface area contributed by atoms with Gasteiger partial charge in [-0.2, -0.15) is 4.99 Å². The second kappa shape index (κ2) is 5.69. The second-order valence-electron chi connectivity index (χ2n) is 6.16. The molecule has 0 saturated carbocycles. The third-order valence-corrected chi connectivity index (χ3v) is 3.89. The maximum absolute atomic E-state index is 12.3. The van der Waals surface area contributed by atoms with Crippen LogP contribution in [0.25, 0.3) is 0 Å². The number of amidine groups is 1. The van der Waals surface area contributed by atoms with E-state index in [4.69, 9.17) is 5.73 Å². The van der Waals surface area contributed by atoms with Crippen molar-refractivity contribution in [2.45, 2.75) is 32.7 Å². The van der Waals surface area contributed by atoms with E-state index in [0.29, 0.717) is 5.56 Å². The van der Waals surface area contributed by atoms with Gasteiger partial charge in [0, 0.05) is 4.47 Å². The van der Waals surface area contributed by atoms with Gasteiger partial charge in [-0.1, -0.05) is 48.8 Å². The van der Waals surface area contributed by atoms with E-state index in [1.54, 1.807) is 18.2 Å². The molecule has 5 nitrogen and oxygen atoms in total. The number of aliphatic imine (C=N–C) groups is 1. The molecular weight excluding hydrogens is 334 g/mol. The Morgan fingerprint density at radius 3 is 2.52 bits per heavy atom. The van der Waals surface area contributed by atoms with E-state index in [9.17, 15) is 9.59 Å². The average Bonchev–Trinajstić information content (AvgIpc) is 2.36. The monoisotopic (exact) mass is 351 g/mol. The Hall–Kier alpha value is -1.53. The Morgan fingerprint density at radius 1 is 1.33 bits per heavy atom. The van der Waals surface area contributed by atoms with Gasteiger partial charge in [0.1, 0.15) is 11.8 Å². The number of rotatable bonds is 2. The molecule has 21 heavy (non-hydrogen) atoms. The van der Waals surface area contributed by atoms with Gasteiger partial charge in [0.25, 0.3) is 5.91 Å². The maximum atomic E-state index is 12.3. The molecule has 0 aliphatic carbocycles. The smallest absolute Gasteiger partial charge is 0.264 e. The predicted octanol–water partition coefficient (Wildman–Crippen LogP) is 1.96. The highest BCUT2D eigenvalue weighted by Gasteiger charge is 2.37. The van der Waals surface area contributed by atoms with Crippen molar-refractivity contribution in [3.63, 3.8) is 0 Å². The van der Waals surface area contributed by atoms with Gasteiger partial charge < -0.3 is 11.1 Å². The molecule has 2 amide bonds. The van der Waals surface area contributed by atoms with Gasteiger partial charge in [0.15, 0.2) is 0 Å². The molecule has 2 atom stereocenters. The lowest BCUT2D eigenvalue weighted by atomic mass is 9.85. The van der Waals surface area contributed by atoms with Gasteiger partial charge in [0.05, 0.1) is 6.04 Å². The first-order chi connectivity index (χ1) is 9.70. The molecule has 0 saturated heterocycles. The van der Waals surface area contributed by atoms with E-state index in [1.165, 1.54) is 0 Å². The Morgan fingerprint density at radius 2 is 2.00 bits per heavy atom. The highest BCUT2D eigenvalue weighted by atomic mass is 79.9. The predicted molar refractivity (Wildman–Crippen MR) is 84.9 cm³/mol. The summed E-state index contributed by atoms with van der Waals surface area (Å²) in [5.41, 5.74) is 6.37. The molecule has 3 N–H and O–H groups in total. The summed E-state index contributed by atoms with van der Waals surface area (Å²) in [6.45, 7) is 5.78. The van der Waals surface area contributed by atoms with Crippen molar-refractivity contribution in [3.8, 4) is 0 Å². The van der Waals surface area contributed by atoms with Crippen LogP contribution in [0.4, 0.5) is 0 Å². The first-order valence-electron chi connectivity index (χ1n) is 6.64. The van der Waals surface area contributed by atoms with Crippen molar-refractivity contribution < 1.29 is 9.59 Å². The number of benzene rings is 1. The third-order valence-electron chi connectivity index (χ3n) is 3.40. The molecule has 1 aliphatic heterocycles. The molecular formula is C15H18BrN3O2.